The second kappa shape index (κ2) is 11.3. The SMILES string of the molecule is COc1cc(OC)c(F)c(N(CCOCCC(C)(C)C)c2ccc3ncc(-c4cnn(C)c4)nc3n2)c1F. The molecule has 0 fully saturated rings. The van der Waals surface area contributed by atoms with Crippen LogP contribution in [-0.4, -0.2) is 58.7 Å². The molecule has 4 rings (SSSR count). The summed E-state index contributed by atoms with van der Waals surface area (Å²) < 4.78 is 48.9. The van der Waals surface area contributed by atoms with Gasteiger partial charge in [-0.3, -0.25) is 9.67 Å². The van der Waals surface area contributed by atoms with Crippen molar-refractivity contribution in [1.82, 2.24) is 24.7 Å². The van der Waals surface area contributed by atoms with E-state index in [4.69, 9.17) is 14.2 Å². The van der Waals surface area contributed by atoms with Gasteiger partial charge in [-0.1, -0.05) is 20.8 Å². The Kier molecular flexibility index (Phi) is 8.05. The fourth-order valence-corrected chi connectivity index (χ4v) is 3.82. The van der Waals surface area contributed by atoms with Gasteiger partial charge in [0.15, 0.2) is 28.8 Å². The zero-order valence-corrected chi connectivity index (χ0v) is 22.5. The summed E-state index contributed by atoms with van der Waals surface area (Å²) in [6, 6.07) is 4.52. The maximum absolute atomic E-state index is 15.6. The molecule has 38 heavy (non-hydrogen) atoms. The molecule has 4 aromatic rings. The van der Waals surface area contributed by atoms with Crippen LogP contribution in [0.2, 0.25) is 0 Å². The molecule has 0 radical (unpaired) electrons. The van der Waals surface area contributed by atoms with E-state index in [1.165, 1.54) is 25.2 Å². The van der Waals surface area contributed by atoms with Crippen LogP contribution in [0.25, 0.3) is 22.4 Å². The summed E-state index contributed by atoms with van der Waals surface area (Å²) in [4.78, 5) is 15.1. The van der Waals surface area contributed by atoms with Crippen molar-refractivity contribution < 1.29 is 23.0 Å². The highest BCUT2D eigenvalue weighted by molar-refractivity contribution is 5.77. The van der Waals surface area contributed by atoms with Gasteiger partial charge in [-0.2, -0.15) is 5.10 Å². The molecule has 202 valence electrons. The average Bonchev–Trinajstić information content (AvgIpc) is 3.32. The lowest BCUT2D eigenvalue weighted by Gasteiger charge is -2.26. The highest BCUT2D eigenvalue weighted by Crippen LogP contribution is 2.39. The zero-order valence-electron chi connectivity index (χ0n) is 22.5. The monoisotopic (exact) mass is 526 g/mol. The number of benzene rings is 1. The Morgan fingerprint density at radius 1 is 0.974 bits per heavy atom. The Hall–Kier alpha value is -3.86. The Labute approximate surface area is 220 Å². The van der Waals surface area contributed by atoms with E-state index in [-0.39, 0.29) is 41.6 Å². The van der Waals surface area contributed by atoms with E-state index in [2.05, 4.69) is 40.8 Å². The summed E-state index contributed by atoms with van der Waals surface area (Å²) in [5.74, 6) is -1.80. The van der Waals surface area contributed by atoms with Gasteiger partial charge in [-0.25, -0.2) is 18.7 Å². The molecule has 3 heterocycles. The predicted octanol–water partition coefficient (Wildman–Crippen LogP) is 5.31. The smallest absolute Gasteiger partial charge is 0.191 e. The van der Waals surface area contributed by atoms with Gasteiger partial charge >= 0.3 is 0 Å². The Bertz CT molecular complexity index is 1390. The third kappa shape index (κ3) is 5.99. The minimum atomic E-state index is -0.877. The molecule has 0 aliphatic carbocycles. The number of aromatic nitrogens is 5. The van der Waals surface area contributed by atoms with Crippen molar-refractivity contribution >= 4 is 22.7 Å². The van der Waals surface area contributed by atoms with E-state index in [0.717, 1.165) is 12.0 Å². The maximum Gasteiger partial charge on any atom is 0.191 e. The van der Waals surface area contributed by atoms with E-state index in [0.29, 0.717) is 23.5 Å². The Morgan fingerprint density at radius 3 is 2.29 bits per heavy atom. The number of methoxy groups -OCH3 is 2. The molecule has 11 heteroatoms. The highest BCUT2D eigenvalue weighted by atomic mass is 19.1. The molecule has 9 nitrogen and oxygen atoms in total. The second-order valence-corrected chi connectivity index (χ2v) is 10.0. The van der Waals surface area contributed by atoms with Crippen LogP contribution in [0, 0.1) is 17.0 Å². The number of aryl methyl sites for hydroxylation is 1. The number of rotatable bonds is 10. The highest BCUT2D eigenvalue weighted by Gasteiger charge is 2.27. The van der Waals surface area contributed by atoms with Crippen molar-refractivity contribution in [2.24, 2.45) is 12.5 Å². The lowest BCUT2D eigenvalue weighted by molar-refractivity contribution is 0.114. The second-order valence-electron chi connectivity index (χ2n) is 10.0. The quantitative estimate of drug-likeness (QED) is 0.257. The van der Waals surface area contributed by atoms with Gasteiger partial charge < -0.3 is 19.1 Å². The van der Waals surface area contributed by atoms with Gasteiger partial charge in [0.1, 0.15) is 17.0 Å². The minimum absolute atomic E-state index is 0.0998. The van der Waals surface area contributed by atoms with E-state index >= 15 is 8.78 Å². The van der Waals surface area contributed by atoms with E-state index < -0.39 is 11.6 Å². The summed E-state index contributed by atoms with van der Waals surface area (Å²) >= 11 is 0. The fraction of sp³-hybridized carbons (Fsp3) is 0.407. The number of ether oxygens (including phenoxy) is 3. The van der Waals surface area contributed by atoms with Crippen molar-refractivity contribution in [2.75, 3.05) is 38.9 Å². The maximum atomic E-state index is 15.6. The van der Waals surface area contributed by atoms with Crippen LogP contribution >= 0.6 is 0 Å². The molecule has 0 unspecified atom stereocenters. The van der Waals surface area contributed by atoms with Gasteiger partial charge in [0.2, 0.25) is 0 Å². The van der Waals surface area contributed by atoms with Gasteiger partial charge in [-0.05, 0) is 24.0 Å². The van der Waals surface area contributed by atoms with Crippen molar-refractivity contribution in [3.05, 3.63) is 48.4 Å². The summed E-state index contributed by atoms with van der Waals surface area (Å²) in [6.07, 6.45) is 5.96. The number of fused-ring (bicyclic) bond motifs is 1. The number of hydrogen-bond donors (Lipinski definition) is 0. The predicted molar refractivity (Wildman–Crippen MR) is 141 cm³/mol. The van der Waals surface area contributed by atoms with Crippen LogP contribution in [0.3, 0.4) is 0 Å². The van der Waals surface area contributed by atoms with Crippen LogP contribution in [0.4, 0.5) is 20.3 Å². The molecule has 0 amide bonds. The first-order valence-corrected chi connectivity index (χ1v) is 12.2. The van der Waals surface area contributed by atoms with Crippen LogP contribution in [0.5, 0.6) is 11.5 Å². The summed E-state index contributed by atoms with van der Waals surface area (Å²) in [5, 5.41) is 4.17. The van der Waals surface area contributed by atoms with Crippen molar-refractivity contribution in [2.45, 2.75) is 27.2 Å². The van der Waals surface area contributed by atoms with Crippen LogP contribution in [0.15, 0.2) is 36.8 Å². The Morgan fingerprint density at radius 2 is 1.68 bits per heavy atom. The Balaban J connectivity index is 1.76. The molecule has 0 aliphatic rings. The number of pyridine rings is 1. The standard InChI is InChI=1S/C27H32F2N6O3/c1-27(2,3)9-11-38-12-10-35(25-23(28)20(36-5)13-21(37-6)24(25)29)22-8-7-18-26(33-22)32-19(15-30-18)17-14-31-34(4)16-17/h7-8,13-16H,9-12H2,1-6H3. The van der Waals surface area contributed by atoms with E-state index in [9.17, 15) is 0 Å². The molecule has 0 saturated heterocycles. The van der Waals surface area contributed by atoms with Crippen LogP contribution < -0.4 is 14.4 Å². The lowest BCUT2D eigenvalue weighted by atomic mass is 9.93. The van der Waals surface area contributed by atoms with Gasteiger partial charge in [-0.15, -0.1) is 0 Å². The van der Waals surface area contributed by atoms with Gasteiger partial charge in [0.25, 0.3) is 0 Å². The normalized spacial score (nSPS) is 11.7. The van der Waals surface area contributed by atoms with Crippen molar-refractivity contribution in [3.63, 3.8) is 0 Å². The molecule has 0 bridgehead atoms. The first-order chi connectivity index (χ1) is 18.1. The summed E-state index contributed by atoms with van der Waals surface area (Å²) in [5.41, 5.74) is 1.94. The minimum Gasteiger partial charge on any atom is -0.493 e. The lowest BCUT2D eigenvalue weighted by Crippen LogP contribution is -2.26. The molecule has 0 atom stereocenters. The fourth-order valence-electron chi connectivity index (χ4n) is 3.82. The molecule has 1 aromatic carbocycles. The zero-order chi connectivity index (χ0) is 27.4. The van der Waals surface area contributed by atoms with E-state index in [1.807, 2.05) is 6.20 Å². The summed E-state index contributed by atoms with van der Waals surface area (Å²) in [6.45, 7) is 7.19. The number of halogens is 2. The molecule has 0 N–H and O–H groups in total. The first-order valence-electron chi connectivity index (χ1n) is 12.2. The van der Waals surface area contributed by atoms with Crippen molar-refractivity contribution in [3.8, 4) is 22.8 Å². The van der Waals surface area contributed by atoms with Gasteiger partial charge in [0.05, 0.1) is 38.9 Å². The van der Waals surface area contributed by atoms with E-state index in [1.54, 1.807) is 36.3 Å². The van der Waals surface area contributed by atoms with Crippen LogP contribution in [0.1, 0.15) is 27.2 Å². The average molecular weight is 527 g/mol. The third-order valence-corrected chi connectivity index (χ3v) is 5.95. The number of nitrogens with zero attached hydrogens (tertiary/aromatic N) is 6. The molecular weight excluding hydrogens is 494 g/mol. The molecule has 0 aliphatic heterocycles. The largest absolute Gasteiger partial charge is 0.493 e. The topological polar surface area (TPSA) is 87.4 Å². The van der Waals surface area contributed by atoms with Crippen molar-refractivity contribution in [1.29, 1.82) is 0 Å². The third-order valence-electron chi connectivity index (χ3n) is 5.95. The molecular formula is C27H32F2N6O3. The molecule has 0 saturated carbocycles. The first kappa shape index (κ1) is 27.2. The van der Waals surface area contributed by atoms with Gasteiger partial charge in [0, 0.05) is 38.0 Å². The number of anilines is 2. The summed E-state index contributed by atoms with van der Waals surface area (Å²) in [7, 11) is 4.42. The molecule has 3 aromatic heterocycles. The number of hydrogen-bond acceptors (Lipinski definition) is 8. The van der Waals surface area contributed by atoms with Crippen LogP contribution in [-0.2, 0) is 11.8 Å². The molecule has 0 spiro atoms.